The highest BCUT2D eigenvalue weighted by Gasteiger charge is 2.07. The zero-order chi connectivity index (χ0) is 14.9. The minimum atomic E-state index is 0.574. The molecule has 0 amide bonds. The van der Waals surface area contributed by atoms with E-state index in [2.05, 4.69) is 38.9 Å². The monoisotopic (exact) mass is 337 g/mol. The summed E-state index contributed by atoms with van der Waals surface area (Å²) in [6.45, 7) is 2.63. The fourth-order valence-electron chi connectivity index (χ4n) is 2.19. The molecule has 2 aromatic rings. The van der Waals surface area contributed by atoms with Gasteiger partial charge in [-0.3, -0.25) is 0 Å². The van der Waals surface area contributed by atoms with Gasteiger partial charge in [0.05, 0.1) is 12.2 Å². The van der Waals surface area contributed by atoms with Crippen LogP contribution in [0.25, 0.3) is 5.65 Å². The molecule has 0 saturated heterocycles. The maximum atomic E-state index is 4.64. The highest BCUT2D eigenvalue weighted by molar-refractivity contribution is 9.10. The molecule has 0 aliphatic heterocycles. The second-order valence-corrected chi connectivity index (χ2v) is 6.13. The summed E-state index contributed by atoms with van der Waals surface area (Å²) in [4.78, 5) is 13.3. The molecule has 0 atom stereocenters. The Kier molecular flexibility index (Phi) is 4.32. The lowest BCUT2D eigenvalue weighted by Gasteiger charge is -2.22. The molecule has 2 rings (SSSR count). The minimum Gasteiger partial charge on any atom is -0.349 e. The average molecular weight is 338 g/mol. The van der Waals surface area contributed by atoms with Gasteiger partial charge in [0, 0.05) is 45.1 Å². The van der Waals surface area contributed by atoms with Gasteiger partial charge in [-0.05, 0) is 34.5 Å². The standard InChI is InChI=1S/C14H20BrN5/c1-10-6-11(15)8-20-9-12(17-13(10)20)7-16-14(18(2)3)19(4)5/h6,8-9H,7H2,1-5H3. The molecule has 2 aromatic heterocycles. The van der Waals surface area contributed by atoms with E-state index in [1.165, 1.54) is 0 Å². The molecule has 0 spiro atoms. The predicted octanol–water partition coefficient (Wildman–Crippen LogP) is 2.38. The van der Waals surface area contributed by atoms with Gasteiger partial charge >= 0.3 is 0 Å². The van der Waals surface area contributed by atoms with E-state index < -0.39 is 0 Å². The Morgan fingerprint density at radius 3 is 2.50 bits per heavy atom. The average Bonchev–Trinajstić information content (AvgIpc) is 2.71. The SMILES string of the molecule is Cc1cc(Br)cn2cc(CN=C(N(C)C)N(C)C)nc12. The van der Waals surface area contributed by atoms with E-state index in [9.17, 15) is 0 Å². The van der Waals surface area contributed by atoms with Gasteiger partial charge in [0.2, 0.25) is 0 Å². The summed E-state index contributed by atoms with van der Waals surface area (Å²) >= 11 is 3.50. The number of pyridine rings is 1. The van der Waals surface area contributed by atoms with Gasteiger partial charge in [-0.2, -0.15) is 0 Å². The third-order valence-electron chi connectivity index (χ3n) is 2.93. The summed E-state index contributed by atoms with van der Waals surface area (Å²) in [5.41, 5.74) is 3.09. The Labute approximate surface area is 128 Å². The number of rotatable bonds is 2. The number of aryl methyl sites for hydroxylation is 1. The van der Waals surface area contributed by atoms with Gasteiger partial charge in [0.15, 0.2) is 5.96 Å². The van der Waals surface area contributed by atoms with Crippen molar-refractivity contribution in [1.82, 2.24) is 19.2 Å². The fraction of sp³-hybridized carbons (Fsp3) is 0.429. The first-order valence-electron chi connectivity index (χ1n) is 6.41. The normalized spacial score (nSPS) is 10.7. The van der Waals surface area contributed by atoms with Gasteiger partial charge in [-0.15, -0.1) is 0 Å². The molecule has 108 valence electrons. The third kappa shape index (κ3) is 3.12. The highest BCUT2D eigenvalue weighted by atomic mass is 79.9. The maximum Gasteiger partial charge on any atom is 0.195 e. The number of halogens is 1. The Balaban J connectivity index is 2.31. The molecule has 2 heterocycles. The lowest BCUT2D eigenvalue weighted by molar-refractivity contribution is 0.479. The van der Waals surface area contributed by atoms with Crippen molar-refractivity contribution in [3.63, 3.8) is 0 Å². The van der Waals surface area contributed by atoms with Gasteiger partial charge in [-0.1, -0.05) is 0 Å². The molecular formula is C14H20BrN5. The van der Waals surface area contributed by atoms with Gasteiger partial charge < -0.3 is 14.2 Å². The van der Waals surface area contributed by atoms with Crippen LogP contribution in [0.3, 0.4) is 0 Å². The molecular weight excluding hydrogens is 318 g/mol. The molecule has 6 heteroatoms. The number of aliphatic imine (C=N–C) groups is 1. The number of imidazole rings is 1. The van der Waals surface area contributed by atoms with Crippen molar-refractivity contribution in [3.05, 3.63) is 34.2 Å². The molecule has 0 unspecified atom stereocenters. The van der Waals surface area contributed by atoms with Crippen molar-refractivity contribution in [2.75, 3.05) is 28.2 Å². The zero-order valence-electron chi connectivity index (χ0n) is 12.6. The largest absolute Gasteiger partial charge is 0.349 e. The molecule has 0 N–H and O–H groups in total. The zero-order valence-corrected chi connectivity index (χ0v) is 14.1. The van der Waals surface area contributed by atoms with E-state index in [1.54, 1.807) is 0 Å². The van der Waals surface area contributed by atoms with Crippen LogP contribution in [0.2, 0.25) is 0 Å². The molecule has 0 saturated carbocycles. The first kappa shape index (κ1) is 14.8. The van der Waals surface area contributed by atoms with E-state index in [0.717, 1.165) is 27.3 Å². The molecule has 20 heavy (non-hydrogen) atoms. The van der Waals surface area contributed by atoms with Crippen LogP contribution in [-0.4, -0.2) is 53.3 Å². The number of guanidine groups is 1. The van der Waals surface area contributed by atoms with Crippen LogP contribution in [-0.2, 0) is 6.54 Å². The highest BCUT2D eigenvalue weighted by Crippen LogP contribution is 2.17. The molecule has 5 nitrogen and oxygen atoms in total. The Morgan fingerprint density at radius 2 is 1.90 bits per heavy atom. The maximum absolute atomic E-state index is 4.64. The van der Waals surface area contributed by atoms with Crippen LogP contribution in [0.1, 0.15) is 11.3 Å². The molecule has 0 bridgehead atoms. The number of nitrogens with zero attached hydrogens (tertiary/aromatic N) is 5. The third-order valence-corrected chi connectivity index (χ3v) is 3.37. The van der Waals surface area contributed by atoms with Crippen LogP contribution < -0.4 is 0 Å². The number of hydrogen-bond acceptors (Lipinski definition) is 2. The van der Waals surface area contributed by atoms with Crippen LogP contribution in [0.15, 0.2) is 27.9 Å². The van der Waals surface area contributed by atoms with E-state index >= 15 is 0 Å². The second-order valence-electron chi connectivity index (χ2n) is 5.21. The van der Waals surface area contributed by atoms with Crippen molar-refractivity contribution in [2.45, 2.75) is 13.5 Å². The van der Waals surface area contributed by atoms with E-state index in [4.69, 9.17) is 0 Å². The van der Waals surface area contributed by atoms with Crippen molar-refractivity contribution < 1.29 is 0 Å². The van der Waals surface area contributed by atoms with Crippen LogP contribution in [0.5, 0.6) is 0 Å². The minimum absolute atomic E-state index is 0.574. The van der Waals surface area contributed by atoms with Crippen LogP contribution in [0, 0.1) is 6.92 Å². The van der Waals surface area contributed by atoms with Gasteiger partial charge in [0.25, 0.3) is 0 Å². The van der Waals surface area contributed by atoms with Crippen molar-refractivity contribution in [3.8, 4) is 0 Å². The van der Waals surface area contributed by atoms with E-state index in [0.29, 0.717) is 6.54 Å². The lowest BCUT2D eigenvalue weighted by atomic mass is 10.3. The molecule has 0 radical (unpaired) electrons. The Morgan fingerprint density at radius 1 is 1.25 bits per heavy atom. The molecule has 0 aromatic carbocycles. The number of hydrogen-bond donors (Lipinski definition) is 0. The first-order valence-corrected chi connectivity index (χ1v) is 7.20. The summed E-state index contributed by atoms with van der Waals surface area (Å²) in [5.74, 6) is 0.931. The van der Waals surface area contributed by atoms with E-state index in [-0.39, 0.29) is 0 Å². The van der Waals surface area contributed by atoms with Crippen LogP contribution >= 0.6 is 15.9 Å². The van der Waals surface area contributed by atoms with Crippen molar-refractivity contribution in [1.29, 1.82) is 0 Å². The second kappa shape index (κ2) is 5.83. The fourth-order valence-corrected chi connectivity index (χ4v) is 2.75. The molecule has 0 aliphatic rings. The van der Waals surface area contributed by atoms with Crippen molar-refractivity contribution >= 4 is 27.5 Å². The Bertz CT molecular complexity index is 632. The molecule has 0 fully saturated rings. The number of aromatic nitrogens is 2. The summed E-state index contributed by atoms with van der Waals surface area (Å²) in [6.07, 6.45) is 4.04. The topological polar surface area (TPSA) is 36.1 Å². The van der Waals surface area contributed by atoms with Gasteiger partial charge in [-0.25, -0.2) is 9.98 Å². The Hall–Kier alpha value is -1.56. The smallest absolute Gasteiger partial charge is 0.195 e. The quantitative estimate of drug-likeness (QED) is 0.623. The predicted molar refractivity (Wildman–Crippen MR) is 86.1 cm³/mol. The van der Waals surface area contributed by atoms with Gasteiger partial charge in [0.1, 0.15) is 5.65 Å². The summed E-state index contributed by atoms with van der Waals surface area (Å²) < 4.78 is 3.09. The molecule has 0 aliphatic carbocycles. The summed E-state index contributed by atoms with van der Waals surface area (Å²) in [5, 5.41) is 0. The summed E-state index contributed by atoms with van der Waals surface area (Å²) in [6, 6.07) is 2.07. The first-order chi connectivity index (χ1) is 9.38. The van der Waals surface area contributed by atoms with E-state index in [1.807, 2.05) is 54.8 Å². The number of fused-ring (bicyclic) bond motifs is 1. The van der Waals surface area contributed by atoms with Crippen LogP contribution in [0.4, 0.5) is 0 Å². The van der Waals surface area contributed by atoms with Crippen molar-refractivity contribution in [2.24, 2.45) is 4.99 Å². The summed E-state index contributed by atoms with van der Waals surface area (Å²) in [7, 11) is 7.96. The lowest BCUT2D eigenvalue weighted by Crippen LogP contribution is -2.35.